The molecule has 0 aliphatic heterocycles. The summed E-state index contributed by atoms with van der Waals surface area (Å²) in [4.78, 5) is 2.50. The first kappa shape index (κ1) is 32.8. The molecule has 1 heteroatoms. The van der Waals surface area contributed by atoms with Crippen molar-refractivity contribution in [2.24, 2.45) is 5.92 Å². The van der Waals surface area contributed by atoms with E-state index in [1.165, 1.54) is 72.6 Å². The maximum absolute atomic E-state index is 4.31. The van der Waals surface area contributed by atoms with Gasteiger partial charge in [0.05, 0.1) is 5.69 Å². The Bertz CT molecular complexity index is 2320. The van der Waals surface area contributed by atoms with E-state index < -0.39 is 0 Å². The number of allylic oxidation sites excluding steroid dienone is 3. The zero-order chi connectivity index (χ0) is 35.5. The van der Waals surface area contributed by atoms with Gasteiger partial charge in [-0.15, -0.1) is 0 Å². The van der Waals surface area contributed by atoms with Gasteiger partial charge in [0.15, 0.2) is 0 Å². The van der Waals surface area contributed by atoms with Crippen LogP contribution in [0.1, 0.15) is 81.3 Å². The Kier molecular flexibility index (Phi) is 7.99. The van der Waals surface area contributed by atoms with Crippen LogP contribution in [0.15, 0.2) is 158 Å². The second kappa shape index (κ2) is 12.4. The molecule has 51 heavy (non-hydrogen) atoms. The highest BCUT2D eigenvalue weighted by atomic mass is 15.1. The van der Waals surface area contributed by atoms with Gasteiger partial charge >= 0.3 is 0 Å². The topological polar surface area (TPSA) is 3.24 Å². The van der Waals surface area contributed by atoms with Crippen molar-refractivity contribution < 1.29 is 0 Å². The van der Waals surface area contributed by atoms with Crippen LogP contribution in [0.5, 0.6) is 0 Å². The van der Waals surface area contributed by atoms with Crippen LogP contribution >= 0.6 is 0 Å². The summed E-state index contributed by atoms with van der Waals surface area (Å²) >= 11 is 0. The summed E-state index contributed by atoms with van der Waals surface area (Å²) in [5.74, 6) is 0.416. The van der Waals surface area contributed by atoms with Crippen molar-refractivity contribution in [3.63, 3.8) is 0 Å². The van der Waals surface area contributed by atoms with E-state index >= 15 is 0 Å². The Hall–Kier alpha value is -5.40. The maximum atomic E-state index is 4.31. The summed E-state index contributed by atoms with van der Waals surface area (Å²) in [6, 6.07) is 52.3. The van der Waals surface area contributed by atoms with Gasteiger partial charge in [0.1, 0.15) is 0 Å². The lowest BCUT2D eigenvalue weighted by molar-refractivity contribution is 0.609. The third kappa shape index (κ3) is 5.05. The molecule has 1 unspecified atom stereocenters. The second-order valence-electron chi connectivity index (χ2n) is 15.2. The fourth-order valence-corrected chi connectivity index (χ4v) is 8.86. The Morgan fingerprint density at radius 1 is 0.647 bits per heavy atom. The van der Waals surface area contributed by atoms with Crippen LogP contribution in [-0.2, 0) is 10.8 Å². The lowest BCUT2D eigenvalue weighted by Gasteiger charge is -2.33. The largest absolute Gasteiger partial charge is 0.310 e. The Morgan fingerprint density at radius 3 is 1.96 bits per heavy atom. The van der Waals surface area contributed by atoms with Crippen molar-refractivity contribution >= 4 is 22.6 Å². The predicted molar refractivity (Wildman–Crippen MR) is 218 cm³/mol. The van der Waals surface area contributed by atoms with E-state index in [2.05, 4.69) is 199 Å². The molecule has 0 fully saturated rings. The molecule has 6 aromatic carbocycles. The normalized spacial score (nSPS) is 16.7. The van der Waals surface area contributed by atoms with Crippen LogP contribution in [0.2, 0.25) is 0 Å². The summed E-state index contributed by atoms with van der Waals surface area (Å²) in [5.41, 5.74) is 18.9. The van der Waals surface area contributed by atoms with Gasteiger partial charge in [-0.25, -0.2) is 0 Å². The van der Waals surface area contributed by atoms with Gasteiger partial charge in [0.2, 0.25) is 0 Å². The molecular weight excluding hydrogens is 615 g/mol. The van der Waals surface area contributed by atoms with E-state index in [1.54, 1.807) is 0 Å². The van der Waals surface area contributed by atoms with E-state index in [4.69, 9.17) is 0 Å². The highest BCUT2D eigenvalue weighted by Crippen LogP contribution is 2.58. The molecule has 0 spiro atoms. The number of hydrogen-bond acceptors (Lipinski definition) is 1. The SMILES string of the molecule is C=C(C=C(C)c1ccc(N(c2ccc3c(c2)C(C)(C)c2ccccc2-3)c2cccc3c2-c2ccccc2C3(CC)c2ccccc2)cc1)C(C)C. The number of hydrogen-bond donors (Lipinski definition) is 0. The van der Waals surface area contributed by atoms with Crippen LogP contribution in [-0.4, -0.2) is 0 Å². The molecule has 2 aliphatic carbocycles. The third-order valence-electron chi connectivity index (χ3n) is 11.7. The van der Waals surface area contributed by atoms with Gasteiger partial charge in [0.25, 0.3) is 0 Å². The number of rotatable bonds is 8. The van der Waals surface area contributed by atoms with Crippen LogP contribution in [0, 0.1) is 5.92 Å². The van der Waals surface area contributed by atoms with Crippen molar-refractivity contribution in [3.05, 3.63) is 191 Å². The third-order valence-corrected chi connectivity index (χ3v) is 11.7. The number of anilines is 3. The van der Waals surface area contributed by atoms with Crippen molar-refractivity contribution in [1.82, 2.24) is 0 Å². The molecule has 0 amide bonds. The summed E-state index contributed by atoms with van der Waals surface area (Å²) in [5, 5.41) is 0. The van der Waals surface area contributed by atoms with Gasteiger partial charge in [-0.2, -0.15) is 0 Å². The zero-order valence-electron chi connectivity index (χ0n) is 30.8. The first-order valence-corrected chi connectivity index (χ1v) is 18.5. The van der Waals surface area contributed by atoms with Crippen molar-refractivity contribution in [3.8, 4) is 22.3 Å². The molecule has 2 aliphatic rings. The molecule has 0 radical (unpaired) electrons. The van der Waals surface area contributed by atoms with Crippen molar-refractivity contribution in [2.75, 3.05) is 4.90 Å². The van der Waals surface area contributed by atoms with Crippen LogP contribution in [0.25, 0.3) is 27.8 Å². The molecule has 0 saturated heterocycles. The fourth-order valence-electron chi connectivity index (χ4n) is 8.86. The summed E-state index contributed by atoms with van der Waals surface area (Å²) in [6.45, 7) is 18.0. The molecule has 6 aromatic rings. The Labute approximate surface area is 304 Å². The summed E-state index contributed by atoms with van der Waals surface area (Å²) in [6.07, 6.45) is 3.20. The highest BCUT2D eigenvalue weighted by molar-refractivity contribution is 5.97. The van der Waals surface area contributed by atoms with Gasteiger partial charge in [0, 0.05) is 27.8 Å². The first-order valence-electron chi connectivity index (χ1n) is 18.5. The van der Waals surface area contributed by atoms with Gasteiger partial charge in [-0.3, -0.25) is 0 Å². The molecule has 8 rings (SSSR count). The molecule has 252 valence electrons. The van der Waals surface area contributed by atoms with Gasteiger partial charge < -0.3 is 4.90 Å². The maximum Gasteiger partial charge on any atom is 0.0543 e. The van der Waals surface area contributed by atoms with E-state index in [1.807, 2.05) is 0 Å². The molecule has 0 saturated carbocycles. The molecule has 0 heterocycles. The minimum Gasteiger partial charge on any atom is -0.310 e. The van der Waals surface area contributed by atoms with Gasteiger partial charge in [-0.1, -0.05) is 162 Å². The highest BCUT2D eigenvalue weighted by Gasteiger charge is 2.45. The van der Waals surface area contributed by atoms with E-state index in [0.717, 1.165) is 17.7 Å². The smallest absolute Gasteiger partial charge is 0.0543 e. The predicted octanol–water partition coefficient (Wildman–Crippen LogP) is 13.8. The monoisotopic (exact) mass is 661 g/mol. The second-order valence-corrected chi connectivity index (χ2v) is 15.2. The molecular formula is C50H47N. The standard InChI is InChI=1S/C50H47N/c1-8-50(37-17-10-9-11-18-37)44-22-15-13-20-42(44)48-45(50)23-16-24-47(48)51(38-27-25-36(26-28-38)35(5)31-34(4)33(2)3)39-29-30-41-40-19-12-14-21-43(40)49(6,7)46(41)32-39/h9-33H,4,8H2,1-3,5-7H3. The summed E-state index contributed by atoms with van der Waals surface area (Å²) < 4.78 is 0. The van der Waals surface area contributed by atoms with E-state index in [-0.39, 0.29) is 10.8 Å². The Balaban J connectivity index is 1.36. The molecule has 0 N–H and O–H groups in total. The molecule has 0 aromatic heterocycles. The Morgan fingerprint density at radius 2 is 1.25 bits per heavy atom. The molecule has 1 nitrogen and oxygen atoms in total. The zero-order valence-corrected chi connectivity index (χ0v) is 30.8. The van der Waals surface area contributed by atoms with Crippen LogP contribution < -0.4 is 4.90 Å². The van der Waals surface area contributed by atoms with Crippen molar-refractivity contribution in [2.45, 2.75) is 58.8 Å². The lowest BCUT2D eigenvalue weighted by Crippen LogP contribution is -2.26. The van der Waals surface area contributed by atoms with Crippen LogP contribution in [0.4, 0.5) is 17.1 Å². The van der Waals surface area contributed by atoms with Crippen LogP contribution in [0.3, 0.4) is 0 Å². The minimum absolute atomic E-state index is 0.103. The minimum atomic E-state index is -0.235. The van der Waals surface area contributed by atoms with E-state index in [9.17, 15) is 0 Å². The lowest BCUT2D eigenvalue weighted by atomic mass is 9.70. The first-order chi connectivity index (χ1) is 24.7. The summed E-state index contributed by atoms with van der Waals surface area (Å²) in [7, 11) is 0. The fraction of sp³-hybridized carbons (Fsp3) is 0.200. The average Bonchev–Trinajstić information content (AvgIpc) is 3.58. The van der Waals surface area contributed by atoms with Gasteiger partial charge in [-0.05, 0) is 105 Å². The van der Waals surface area contributed by atoms with Crippen molar-refractivity contribution in [1.29, 1.82) is 0 Å². The quantitative estimate of drug-likeness (QED) is 0.147. The number of fused-ring (bicyclic) bond motifs is 6. The number of benzene rings is 6. The molecule has 1 atom stereocenters. The van der Waals surface area contributed by atoms with E-state index in [0.29, 0.717) is 5.92 Å². The molecule has 0 bridgehead atoms. The average molecular weight is 662 g/mol. The number of nitrogens with zero attached hydrogens (tertiary/aromatic N) is 1.